The number of hydrogen-bond acceptors (Lipinski definition) is 5. The number of carbonyl (C=O) groups excluding carboxylic acids is 1. The second-order valence-corrected chi connectivity index (χ2v) is 6.47. The van der Waals surface area contributed by atoms with E-state index in [4.69, 9.17) is 0 Å². The molecule has 0 bridgehead atoms. The first-order valence-electron chi connectivity index (χ1n) is 9.23. The van der Waals surface area contributed by atoms with Gasteiger partial charge in [0.25, 0.3) is 5.91 Å². The Morgan fingerprint density at radius 2 is 1.33 bits per heavy atom. The van der Waals surface area contributed by atoms with Crippen LogP contribution >= 0.6 is 0 Å². The van der Waals surface area contributed by atoms with E-state index < -0.39 is 5.95 Å². The van der Waals surface area contributed by atoms with Crippen LogP contribution in [0.2, 0.25) is 0 Å². The van der Waals surface area contributed by atoms with Gasteiger partial charge in [-0.3, -0.25) is 9.78 Å². The number of pyridine rings is 2. The molecule has 0 fully saturated rings. The molecule has 3 N–H and O–H groups in total. The fourth-order valence-corrected chi connectivity index (χ4v) is 2.83. The van der Waals surface area contributed by atoms with E-state index in [1.165, 1.54) is 12.3 Å². The SMILES string of the molecule is O=C(Nc1cccc(Nc2ccnc(F)c2)c1)c1ccc(Nc2ccncc2)cc1. The van der Waals surface area contributed by atoms with Crippen molar-refractivity contribution in [3.8, 4) is 0 Å². The van der Waals surface area contributed by atoms with Crippen molar-refractivity contribution in [2.75, 3.05) is 16.0 Å². The van der Waals surface area contributed by atoms with Gasteiger partial charge in [0.1, 0.15) is 0 Å². The van der Waals surface area contributed by atoms with E-state index in [0.717, 1.165) is 17.1 Å². The maximum Gasteiger partial charge on any atom is 0.255 e. The summed E-state index contributed by atoms with van der Waals surface area (Å²) in [6, 6.07) is 21.1. The van der Waals surface area contributed by atoms with Crippen LogP contribution in [0.15, 0.2) is 91.4 Å². The van der Waals surface area contributed by atoms with Crippen LogP contribution in [0, 0.1) is 5.95 Å². The second-order valence-electron chi connectivity index (χ2n) is 6.47. The zero-order valence-corrected chi connectivity index (χ0v) is 15.8. The largest absolute Gasteiger partial charge is 0.355 e. The molecule has 2 heterocycles. The van der Waals surface area contributed by atoms with E-state index in [1.807, 2.05) is 30.3 Å². The molecule has 7 heteroatoms. The molecule has 1 amide bonds. The highest BCUT2D eigenvalue weighted by Crippen LogP contribution is 2.21. The Bertz CT molecular complexity index is 1150. The standard InChI is InChI=1S/C23H18FN5O/c24-22-15-21(10-13-26-22)28-19-2-1-3-20(14-19)29-23(30)16-4-6-17(7-5-16)27-18-8-11-25-12-9-18/h1-15H,(H,25,27)(H,26,28)(H,29,30). The number of hydrogen-bond donors (Lipinski definition) is 3. The van der Waals surface area contributed by atoms with Crippen molar-refractivity contribution in [2.24, 2.45) is 0 Å². The lowest BCUT2D eigenvalue weighted by atomic mass is 10.1. The second kappa shape index (κ2) is 8.83. The molecule has 0 saturated carbocycles. The van der Waals surface area contributed by atoms with Gasteiger partial charge in [-0.25, -0.2) is 4.98 Å². The summed E-state index contributed by atoms with van der Waals surface area (Å²) in [5.74, 6) is -0.788. The summed E-state index contributed by atoms with van der Waals surface area (Å²) in [6.07, 6.45) is 4.80. The Labute approximate surface area is 172 Å². The number of nitrogens with one attached hydrogen (secondary N) is 3. The van der Waals surface area contributed by atoms with E-state index in [1.54, 1.807) is 48.8 Å². The van der Waals surface area contributed by atoms with Gasteiger partial charge < -0.3 is 16.0 Å². The average Bonchev–Trinajstić information content (AvgIpc) is 2.75. The third kappa shape index (κ3) is 4.96. The number of halogens is 1. The van der Waals surface area contributed by atoms with E-state index in [9.17, 15) is 9.18 Å². The highest BCUT2D eigenvalue weighted by molar-refractivity contribution is 6.04. The van der Waals surface area contributed by atoms with Gasteiger partial charge in [-0.15, -0.1) is 0 Å². The maximum atomic E-state index is 13.2. The Kier molecular flexibility index (Phi) is 5.61. The number of amides is 1. The highest BCUT2D eigenvalue weighted by Gasteiger charge is 2.07. The third-order valence-corrected chi connectivity index (χ3v) is 4.25. The van der Waals surface area contributed by atoms with Crippen LogP contribution in [0.4, 0.5) is 32.8 Å². The molecule has 0 spiro atoms. The van der Waals surface area contributed by atoms with Crippen molar-refractivity contribution in [2.45, 2.75) is 0 Å². The van der Waals surface area contributed by atoms with Gasteiger partial charge in [0, 0.05) is 58.7 Å². The minimum absolute atomic E-state index is 0.224. The number of anilines is 5. The topological polar surface area (TPSA) is 78.9 Å². The van der Waals surface area contributed by atoms with Crippen molar-refractivity contribution < 1.29 is 9.18 Å². The minimum atomic E-state index is -0.564. The summed E-state index contributed by atoms with van der Waals surface area (Å²) >= 11 is 0. The van der Waals surface area contributed by atoms with Crippen LogP contribution in [0.1, 0.15) is 10.4 Å². The van der Waals surface area contributed by atoms with Crippen molar-refractivity contribution >= 4 is 34.3 Å². The highest BCUT2D eigenvalue weighted by atomic mass is 19.1. The van der Waals surface area contributed by atoms with Crippen molar-refractivity contribution in [3.05, 3.63) is 103 Å². The van der Waals surface area contributed by atoms with Crippen LogP contribution in [0.25, 0.3) is 0 Å². The summed E-state index contributed by atoms with van der Waals surface area (Å²) < 4.78 is 13.2. The van der Waals surface area contributed by atoms with Gasteiger partial charge in [-0.1, -0.05) is 6.07 Å². The van der Waals surface area contributed by atoms with E-state index in [0.29, 0.717) is 16.9 Å². The lowest BCUT2D eigenvalue weighted by molar-refractivity contribution is 0.102. The van der Waals surface area contributed by atoms with Crippen molar-refractivity contribution in [1.29, 1.82) is 0 Å². The summed E-state index contributed by atoms with van der Waals surface area (Å²) in [5, 5.41) is 9.20. The van der Waals surface area contributed by atoms with Crippen LogP contribution in [0.3, 0.4) is 0 Å². The Morgan fingerprint density at radius 3 is 2.10 bits per heavy atom. The van der Waals surface area contributed by atoms with E-state index in [2.05, 4.69) is 25.9 Å². The average molecular weight is 399 g/mol. The minimum Gasteiger partial charge on any atom is -0.355 e. The van der Waals surface area contributed by atoms with Gasteiger partial charge in [-0.2, -0.15) is 4.39 Å². The van der Waals surface area contributed by atoms with Crippen LogP contribution < -0.4 is 16.0 Å². The quantitative estimate of drug-likeness (QED) is 0.381. The van der Waals surface area contributed by atoms with E-state index >= 15 is 0 Å². The van der Waals surface area contributed by atoms with Gasteiger partial charge in [-0.05, 0) is 60.7 Å². The first-order valence-corrected chi connectivity index (χ1v) is 9.23. The number of aromatic nitrogens is 2. The van der Waals surface area contributed by atoms with Crippen LogP contribution in [-0.2, 0) is 0 Å². The number of benzene rings is 2. The molecule has 6 nitrogen and oxygen atoms in total. The Hall–Kier alpha value is -4.26. The third-order valence-electron chi connectivity index (χ3n) is 4.25. The molecule has 0 aliphatic heterocycles. The van der Waals surface area contributed by atoms with E-state index in [-0.39, 0.29) is 5.91 Å². The molecule has 4 rings (SSSR count). The molecule has 0 atom stereocenters. The zero-order chi connectivity index (χ0) is 20.8. The van der Waals surface area contributed by atoms with Crippen molar-refractivity contribution in [1.82, 2.24) is 9.97 Å². The normalized spacial score (nSPS) is 10.3. The molecule has 2 aromatic carbocycles. The summed E-state index contributed by atoms with van der Waals surface area (Å²) in [5.41, 5.74) is 4.23. The van der Waals surface area contributed by atoms with Crippen molar-refractivity contribution in [3.63, 3.8) is 0 Å². The van der Waals surface area contributed by atoms with Crippen LogP contribution in [-0.4, -0.2) is 15.9 Å². The van der Waals surface area contributed by atoms with Gasteiger partial charge in [0.2, 0.25) is 5.95 Å². The fourth-order valence-electron chi connectivity index (χ4n) is 2.83. The zero-order valence-electron chi connectivity index (χ0n) is 15.8. The molecule has 30 heavy (non-hydrogen) atoms. The Morgan fingerprint density at radius 1 is 0.700 bits per heavy atom. The predicted octanol–water partition coefficient (Wildman–Crippen LogP) is 5.36. The molecule has 0 saturated heterocycles. The Balaban J connectivity index is 1.41. The van der Waals surface area contributed by atoms with Gasteiger partial charge >= 0.3 is 0 Å². The number of rotatable bonds is 6. The maximum absolute atomic E-state index is 13.2. The molecule has 4 aromatic rings. The summed E-state index contributed by atoms with van der Waals surface area (Å²) in [6.45, 7) is 0. The fraction of sp³-hybridized carbons (Fsp3) is 0. The van der Waals surface area contributed by atoms with Gasteiger partial charge in [0.05, 0.1) is 0 Å². The first kappa shape index (κ1) is 19.1. The predicted molar refractivity (Wildman–Crippen MR) is 116 cm³/mol. The molecular weight excluding hydrogens is 381 g/mol. The molecule has 0 aliphatic rings. The van der Waals surface area contributed by atoms with Crippen LogP contribution in [0.5, 0.6) is 0 Å². The van der Waals surface area contributed by atoms with Gasteiger partial charge in [0.15, 0.2) is 0 Å². The summed E-state index contributed by atoms with van der Waals surface area (Å²) in [7, 11) is 0. The lowest BCUT2D eigenvalue weighted by Crippen LogP contribution is -2.11. The molecule has 148 valence electrons. The molecule has 2 aromatic heterocycles. The molecule has 0 aliphatic carbocycles. The first-order chi connectivity index (χ1) is 14.7. The monoisotopic (exact) mass is 399 g/mol. The number of nitrogens with zero attached hydrogens (tertiary/aromatic N) is 2. The summed E-state index contributed by atoms with van der Waals surface area (Å²) in [4.78, 5) is 20.1. The molecule has 0 radical (unpaired) electrons. The lowest BCUT2D eigenvalue weighted by Gasteiger charge is -2.10. The smallest absolute Gasteiger partial charge is 0.255 e. The molecular formula is C23H18FN5O. The molecule has 0 unspecified atom stereocenters. The number of carbonyl (C=O) groups is 1.